The molecule has 0 fully saturated rings. The molecule has 0 N–H and O–H groups in total. The minimum Gasteiger partial charge on any atom is -0.495 e. The Hall–Kier alpha value is -2.00. The standard InChI is InChI=1S/C11H10N2O/c1-8-9(5-6-12)3-4-10(7-13)11(8)14-2/h3-4H,5H2,1-2H3. The van der Waals surface area contributed by atoms with Gasteiger partial charge in [0.25, 0.3) is 0 Å². The van der Waals surface area contributed by atoms with Gasteiger partial charge >= 0.3 is 0 Å². The average molecular weight is 186 g/mol. The number of hydrogen-bond acceptors (Lipinski definition) is 3. The molecule has 3 heteroatoms. The van der Waals surface area contributed by atoms with Gasteiger partial charge in [-0.3, -0.25) is 0 Å². The van der Waals surface area contributed by atoms with Crippen LogP contribution in [0.4, 0.5) is 0 Å². The molecule has 1 rings (SSSR count). The van der Waals surface area contributed by atoms with Crippen LogP contribution in [0.1, 0.15) is 16.7 Å². The Labute approximate surface area is 83.2 Å². The Kier molecular flexibility index (Phi) is 3.09. The van der Waals surface area contributed by atoms with Crippen LogP contribution in [0.3, 0.4) is 0 Å². The zero-order valence-electron chi connectivity index (χ0n) is 8.16. The highest BCUT2D eigenvalue weighted by molar-refractivity contribution is 5.51. The van der Waals surface area contributed by atoms with E-state index >= 15 is 0 Å². The van der Waals surface area contributed by atoms with Crippen molar-refractivity contribution in [3.05, 3.63) is 28.8 Å². The molecule has 0 amide bonds. The van der Waals surface area contributed by atoms with Crippen molar-refractivity contribution in [3.8, 4) is 17.9 Å². The van der Waals surface area contributed by atoms with Gasteiger partial charge in [-0.05, 0) is 24.1 Å². The van der Waals surface area contributed by atoms with Gasteiger partial charge in [-0.2, -0.15) is 10.5 Å². The van der Waals surface area contributed by atoms with E-state index in [1.807, 2.05) is 13.0 Å². The van der Waals surface area contributed by atoms with Crippen molar-refractivity contribution >= 4 is 0 Å². The largest absolute Gasteiger partial charge is 0.495 e. The van der Waals surface area contributed by atoms with Crippen LogP contribution >= 0.6 is 0 Å². The Morgan fingerprint density at radius 3 is 2.57 bits per heavy atom. The van der Waals surface area contributed by atoms with Gasteiger partial charge in [-0.15, -0.1) is 0 Å². The number of ether oxygens (including phenoxy) is 1. The highest BCUT2D eigenvalue weighted by Gasteiger charge is 2.09. The Morgan fingerprint density at radius 1 is 1.36 bits per heavy atom. The molecule has 1 aromatic carbocycles. The van der Waals surface area contributed by atoms with E-state index in [9.17, 15) is 0 Å². The van der Waals surface area contributed by atoms with Gasteiger partial charge in [0.15, 0.2) is 0 Å². The first-order chi connectivity index (χ1) is 6.74. The van der Waals surface area contributed by atoms with Gasteiger partial charge in [-0.25, -0.2) is 0 Å². The summed E-state index contributed by atoms with van der Waals surface area (Å²) in [6.45, 7) is 1.85. The first-order valence-electron chi connectivity index (χ1n) is 4.18. The lowest BCUT2D eigenvalue weighted by Gasteiger charge is -2.09. The van der Waals surface area contributed by atoms with Gasteiger partial charge in [0.05, 0.1) is 25.2 Å². The summed E-state index contributed by atoms with van der Waals surface area (Å²) in [6, 6.07) is 7.59. The van der Waals surface area contributed by atoms with E-state index < -0.39 is 0 Å². The fraction of sp³-hybridized carbons (Fsp3) is 0.273. The third-order valence-electron chi connectivity index (χ3n) is 2.11. The van der Waals surface area contributed by atoms with Crippen LogP contribution in [0.5, 0.6) is 5.75 Å². The van der Waals surface area contributed by atoms with Crippen LogP contribution in [0, 0.1) is 29.6 Å². The van der Waals surface area contributed by atoms with E-state index in [0.29, 0.717) is 17.7 Å². The maximum atomic E-state index is 8.80. The number of nitrogens with zero attached hydrogens (tertiary/aromatic N) is 2. The third-order valence-corrected chi connectivity index (χ3v) is 2.11. The predicted octanol–water partition coefficient (Wildman–Crippen LogP) is 1.94. The first kappa shape index (κ1) is 10.1. The number of rotatable bonds is 2. The van der Waals surface area contributed by atoms with Gasteiger partial charge in [0.2, 0.25) is 0 Å². The van der Waals surface area contributed by atoms with Crippen LogP contribution in [-0.4, -0.2) is 7.11 Å². The fourth-order valence-electron chi connectivity index (χ4n) is 1.36. The lowest BCUT2D eigenvalue weighted by molar-refractivity contribution is 0.410. The van der Waals surface area contributed by atoms with Crippen LogP contribution in [0.25, 0.3) is 0 Å². The summed E-state index contributed by atoms with van der Waals surface area (Å²) in [5.41, 5.74) is 2.28. The molecular formula is C11H10N2O. The van der Waals surface area contributed by atoms with Crippen molar-refractivity contribution in [2.24, 2.45) is 0 Å². The molecule has 1 aromatic rings. The maximum absolute atomic E-state index is 8.80. The average Bonchev–Trinajstić information content (AvgIpc) is 2.21. The molecule has 0 atom stereocenters. The molecule has 0 saturated carbocycles. The summed E-state index contributed by atoms with van der Waals surface area (Å²) in [5, 5.41) is 17.4. The quantitative estimate of drug-likeness (QED) is 0.709. The van der Waals surface area contributed by atoms with Gasteiger partial charge in [0.1, 0.15) is 11.8 Å². The lowest BCUT2D eigenvalue weighted by Crippen LogP contribution is -1.96. The van der Waals surface area contributed by atoms with Crippen molar-refractivity contribution in [1.29, 1.82) is 10.5 Å². The van der Waals surface area contributed by atoms with Crippen LogP contribution in [0.15, 0.2) is 12.1 Å². The second-order valence-electron chi connectivity index (χ2n) is 2.88. The summed E-state index contributed by atoms with van der Waals surface area (Å²) in [4.78, 5) is 0. The zero-order chi connectivity index (χ0) is 10.6. The summed E-state index contributed by atoms with van der Waals surface area (Å²) < 4.78 is 5.12. The Bertz CT molecular complexity index is 424. The monoisotopic (exact) mass is 186 g/mol. The topological polar surface area (TPSA) is 56.8 Å². The SMILES string of the molecule is COc1c(C#N)ccc(CC#N)c1C. The molecule has 0 aliphatic rings. The number of benzene rings is 1. The highest BCUT2D eigenvalue weighted by atomic mass is 16.5. The Balaban J connectivity index is 3.30. The Morgan fingerprint density at radius 2 is 2.07 bits per heavy atom. The van der Waals surface area contributed by atoms with Gasteiger partial charge in [-0.1, -0.05) is 6.07 Å². The van der Waals surface area contributed by atoms with Crippen molar-refractivity contribution < 1.29 is 4.74 Å². The molecule has 3 nitrogen and oxygen atoms in total. The van der Waals surface area contributed by atoms with E-state index in [1.54, 1.807) is 12.1 Å². The predicted molar refractivity (Wildman–Crippen MR) is 51.8 cm³/mol. The van der Waals surface area contributed by atoms with Crippen molar-refractivity contribution in [1.82, 2.24) is 0 Å². The minimum absolute atomic E-state index is 0.341. The normalized spacial score (nSPS) is 8.86. The molecule has 0 heterocycles. The molecule has 0 spiro atoms. The van der Waals surface area contributed by atoms with E-state index in [1.165, 1.54) is 7.11 Å². The van der Waals surface area contributed by atoms with Crippen molar-refractivity contribution in [2.45, 2.75) is 13.3 Å². The molecule has 0 unspecified atom stereocenters. The summed E-state index contributed by atoms with van der Waals surface area (Å²) in [7, 11) is 1.53. The molecule has 0 saturated heterocycles. The van der Waals surface area contributed by atoms with E-state index in [2.05, 4.69) is 6.07 Å². The molecule has 0 aliphatic carbocycles. The number of nitriles is 2. The second kappa shape index (κ2) is 4.30. The summed E-state index contributed by atoms with van der Waals surface area (Å²) in [5.74, 6) is 0.570. The van der Waals surface area contributed by atoms with Gasteiger partial charge in [0, 0.05) is 0 Å². The highest BCUT2D eigenvalue weighted by Crippen LogP contribution is 2.25. The maximum Gasteiger partial charge on any atom is 0.139 e. The van der Waals surface area contributed by atoms with Crippen LogP contribution in [-0.2, 0) is 6.42 Å². The number of hydrogen-bond donors (Lipinski definition) is 0. The molecule has 0 aromatic heterocycles. The fourth-order valence-corrected chi connectivity index (χ4v) is 1.36. The molecule has 0 radical (unpaired) electrons. The minimum atomic E-state index is 0.341. The van der Waals surface area contributed by atoms with E-state index in [0.717, 1.165) is 11.1 Å². The smallest absolute Gasteiger partial charge is 0.139 e. The number of methoxy groups -OCH3 is 1. The second-order valence-corrected chi connectivity index (χ2v) is 2.88. The molecule has 70 valence electrons. The summed E-state index contributed by atoms with van der Waals surface area (Å²) >= 11 is 0. The zero-order valence-corrected chi connectivity index (χ0v) is 8.16. The van der Waals surface area contributed by atoms with Crippen LogP contribution < -0.4 is 4.74 Å². The van der Waals surface area contributed by atoms with Crippen molar-refractivity contribution in [3.63, 3.8) is 0 Å². The van der Waals surface area contributed by atoms with E-state index in [4.69, 9.17) is 15.3 Å². The van der Waals surface area contributed by atoms with Gasteiger partial charge < -0.3 is 4.74 Å². The molecule has 0 bridgehead atoms. The summed E-state index contributed by atoms with van der Waals surface area (Å²) in [6.07, 6.45) is 0.341. The lowest BCUT2D eigenvalue weighted by atomic mass is 10.0. The van der Waals surface area contributed by atoms with E-state index in [-0.39, 0.29) is 0 Å². The first-order valence-corrected chi connectivity index (χ1v) is 4.18. The molecule has 0 aliphatic heterocycles. The van der Waals surface area contributed by atoms with Crippen LogP contribution in [0.2, 0.25) is 0 Å². The molecule has 14 heavy (non-hydrogen) atoms. The molecular weight excluding hydrogens is 176 g/mol. The third kappa shape index (κ3) is 1.67. The van der Waals surface area contributed by atoms with Crippen molar-refractivity contribution in [2.75, 3.05) is 7.11 Å².